The molecule has 37 heavy (non-hydrogen) atoms. The Bertz CT molecular complexity index is 1090. The Kier molecular flexibility index (Phi) is 9.49. The van der Waals surface area contributed by atoms with Gasteiger partial charge in [-0.25, -0.2) is 0 Å². The van der Waals surface area contributed by atoms with E-state index in [2.05, 4.69) is 33.2 Å². The Labute approximate surface area is 230 Å². The van der Waals surface area contributed by atoms with Gasteiger partial charge in [-0.1, -0.05) is 54.1 Å². The molecule has 11 heteroatoms. The minimum atomic E-state index is -4.94. The normalized spacial score (nSPS) is 20.5. The zero-order valence-corrected chi connectivity index (χ0v) is 23.2. The van der Waals surface area contributed by atoms with Crippen molar-refractivity contribution in [3.05, 3.63) is 69.2 Å². The molecule has 1 fully saturated rings. The van der Waals surface area contributed by atoms with Gasteiger partial charge in [0.05, 0.1) is 16.5 Å². The lowest BCUT2D eigenvalue weighted by Crippen LogP contribution is -2.44. The van der Waals surface area contributed by atoms with Crippen LogP contribution in [0.4, 0.5) is 26.3 Å². The number of halogens is 8. The van der Waals surface area contributed by atoms with Gasteiger partial charge < -0.3 is 10.6 Å². The summed E-state index contributed by atoms with van der Waals surface area (Å²) in [5, 5.41) is 6.79. The number of amides is 1. The summed E-state index contributed by atoms with van der Waals surface area (Å²) >= 11 is 8.35. The average molecular weight is 661 g/mol. The lowest BCUT2D eigenvalue weighted by Gasteiger charge is -2.32. The standard InChI is InChI=1S/C26H28ClF6IN2O/c1-15(2)24(6-5-22(11-24)35-14-17-3-4-21(27)9-18(17)12-34)23(37)36-13-16-7-19(25(28,29)30)10-20(8-16)26(31,32)33/h3-4,7-10,15,22,35H,5-6,11-14H2,1-2H3,(H,36,37)/t22-,24+/m1/s1. The summed E-state index contributed by atoms with van der Waals surface area (Å²) in [6, 6.07) is 7.12. The molecule has 0 radical (unpaired) electrons. The van der Waals surface area contributed by atoms with Crippen molar-refractivity contribution in [2.75, 3.05) is 0 Å². The van der Waals surface area contributed by atoms with Crippen LogP contribution in [-0.2, 0) is 34.7 Å². The largest absolute Gasteiger partial charge is 0.416 e. The topological polar surface area (TPSA) is 41.1 Å². The number of nitrogens with one attached hydrogen (secondary N) is 2. The van der Waals surface area contributed by atoms with Crippen LogP contribution in [-0.4, -0.2) is 11.9 Å². The molecule has 0 aromatic heterocycles. The van der Waals surface area contributed by atoms with Crippen molar-refractivity contribution >= 4 is 40.1 Å². The zero-order valence-electron chi connectivity index (χ0n) is 20.3. The third-order valence-electron chi connectivity index (χ3n) is 7.10. The van der Waals surface area contributed by atoms with E-state index in [1.165, 1.54) is 0 Å². The van der Waals surface area contributed by atoms with Gasteiger partial charge in [-0.3, -0.25) is 4.79 Å². The van der Waals surface area contributed by atoms with Crippen molar-refractivity contribution in [1.29, 1.82) is 0 Å². The molecule has 0 unspecified atom stereocenters. The predicted molar refractivity (Wildman–Crippen MR) is 139 cm³/mol. The molecule has 0 aliphatic heterocycles. The second-order valence-electron chi connectivity index (χ2n) is 9.77. The maximum Gasteiger partial charge on any atom is 0.416 e. The molecule has 2 aromatic carbocycles. The quantitative estimate of drug-likeness (QED) is 0.172. The number of hydrogen-bond acceptors (Lipinski definition) is 2. The van der Waals surface area contributed by atoms with Gasteiger partial charge in [0.2, 0.25) is 5.91 Å². The summed E-state index contributed by atoms with van der Waals surface area (Å²) in [5.41, 5.74) is -1.61. The molecule has 2 atom stereocenters. The van der Waals surface area contributed by atoms with E-state index in [9.17, 15) is 31.1 Å². The zero-order chi connectivity index (χ0) is 27.6. The SMILES string of the molecule is CC(C)[C@]1(C(=O)NCc2cc(C(F)(F)F)cc(C(F)(F)F)c2)CC[C@@H](NCc2ccc(Cl)cc2CI)C1. The maximum atomic E-state index is 13.3. The summed E-state index contributed by atoms with van der Waals surface area (Å²) in [6.45, 7) is 3.98. The number of carbonyl (C=O) groups excluding carboxylic acids is 1. The van der Waals surface area contributed by atoms with Crippen LogP contribution in [0.15, 0.2) is 36.4 Å². The van der Waals surface area contributed by atoms with E-state index in [1.807, 2.05) is 32.0 Å². The van der Waals surface area contributed by atoms with Crippen molar-refractivity contribution in [2.24, 2.45) is 11.3 Å². The monoisotopic (exact) mass is 660 g/mol. The minimum Gasteiger partial charge on any atom is -0.352 e. The molecule has 1 aliphatic rings. The predicted octanol–water partition coefficient (Wildman–Crippen LogP) is 7.91. The first-order valence-electron chi connectivity index (χ1n) is 11.8. The first-order valence-corrected chi connectivity index (χ1v) is 13.7. The highest BCUT2D eigenvalue weighted by molar-refractivity contribution is 14.1. The van der Waals surface area contributed by atoms with Crippen molar-refractivity contribution in [1.82, 2.24) is 10.6 Å². The van der Waals surface area contributed by atoms with E-state index in [1.54, 1.807) is 0 Å². The van der Waals surface area contributed by atoms with Crippen molar-refractivity contribution in [3.63, 3.8) is 0 Å². The molecule has 0 spiro atoms. The summed E-state index contributed by atoms with van der Waals surface area (Å²) in [6.07, 6.45) is -8.08. The molecule has 0 heterocycles. The van der Waals surface area contributed by atoms with Crippen LogP contribution in [0, 0.1) is 11.3 Å². The van der Waals surface area contributed by atoms with Crippen LogP contribution >= 0.6 is 34.2 Å². The van der Waals surface area contributed by atoms with Crippen molar-refractivity contribution in [3.8, 4) is 0 Å². The second kappa shape index (κ2) is 11.7. The van der Waals surface area contributed by atoms with Crippen LogP contribution in [0.5, 0.6) is 0 Å². The minimum absolute atomic E-state index is 0.0382. The van der Waals surface area contributed by atoms with Gasteiger partial charge in [-0.15, -0.1) is 0 Å². The van der Waals surface area contributed by atoms with Crippen LogP contribution in [0.2, 0.25) is 5.02 Å². The number of carbonyl (C=O) groups is 1. The third-order valence-corrected chi connectivity index (χ3v) is 8.16. The highest BCUT2D eigenvalue weighted by Gasteiger charge is 2.47. The highest BCUT2D eigenvalue weighted by Crippen LogP contribution is 2.45. The van der Waals surface area contributed by atoms with Gasteiger partial charge >= 0.3 is 12.4 Å². The highest BCUT2D eigenvalue weighted by atomic mass is 127. The van der Waals surface area contributed by atoms with Crippen LogP contribution < -0.4 is 10.6 Å². The van der Waals surface area contributed by atoms with Crippen molar-refractivity contribution < 1.29 is 31.1 Å². The van der Waals surface area contributed by atoms with E-state index >= 15 is 0 Å². The molecule has 204 valence electrons. The Morgan fingerprint density at radius 2 is 1.65 bits per heavy atom. The van der Waals surface area contributed by atoms with Gasteiger partial charge in [0.25, 0.3) is 0 Å². The maximum absolute atomic E-state index is 13.3. The summed E-state index contributed by atoms with van der Waals surface area (Å²) in [7, 11) is 0. The fourth-order valence-corrected chi connectivity index (χ4v) is 5.77. The average Bonchev–Trinajstić information content (AvgIpc) is 3.26. The number of rotatable bonds is 8. The van der Waals surface area contributed by atoms with E-state index in [-0.39, 0.29) is 29.5 Å². The Hall–Kier alpha value is -1.53. The molecule has 1 amide bonds. The lowest BCUT2D eigenvalue weighted by molar-refractivity contribution is -0.143. The van der Waals surface area contributed by atoms with Gasteiger partial charge in [-0.2, -0.15) is 26.3 Å². The van der Waals surface area contributed by atoms with E-state index < -0.39 is 35.4 Å². The molecule has 1 aliphatic carbocycles. The Morgan fingerprint density at radius 1 is 1.03 bits per heavy atom. The number of alkyl halides is 7. The van der Waals surface area contributed by atoms with Gasteiger partial charge in [-0.05, 0) is 72.2 Å². The third kappa shape index (κ3) is 7.32. The number of benzene rings is 2. The summed E-state index contributed by atoms with van der Waals surface area (Å²) in [5.74, 6) is -0.441. The fraction of sp³-hybridized carbons (Fsp3) is 0.500. The van der Waals surface area contributed by atoms with Crippen LogP contribution in [0.3, 0.4) is 0 Å². The molecular weight excluding hydrogens is 633 g/mol. The molecule has 3 nitrogen and oxygen atoms in total. The first kappa shape index (κ1) is 30.0. The van der Waals surface area contributed by atoms with E-state index in [4.69, 9.17) is 11.6 Å². The molecule has 0 saturated heterocycles. The fourth-order valence-electron chi connectivity index (χ4n) is 4.87. The van der Waals surface area contributed by atoms with E-state index in [0.29, 0.717) is 36.5 Å². The smallest absolute Gasteiger partial charge is 0.352 e. The molecule has 0 bridgehead atoms. The Balaban J connectivity index is 1.71. The Morgan fingerprint density at radius 3 is 2.19 bits per heavy atom. The number of hydrogen-bond donors (Lipinski definition) is 2. The first-order chi connectivity index (χ1) is 17.2. The molecule has 1 saturated carbocycles. The van der Waals surface area contributed by atoms with Gasteiger partial charge in [0.1, 0.15) is 0 Å². The second-order valence-corrected chi connectivity index (χ2v) is 11.0. The molecule has 3 rings (SSSR count). The molecule has 2 N–H and O–H groups in total. The van der Waals surface area contributed by atoms with E-state index in [0.717, 1.165) is 22.0 Å². The van der Waals surface area contributed by atoms with Crippen molar-refractivity contribution in [2.45, 2.75) is 69.0 Å². The summed E-state index contributed by atoms with van der Waals surface area (Å²) < 4.78 is 79.9. The lowest BCUT2D eigenvalue weighted by atomic mass is 9.74. The molecule has 2 aromatic rings. The van der Waals surface area contributed by atoms with Crippen LogP contribution in [0.1, 0.15) is 60.9 Å². The van der Waals surface area contributed by atoms with Crippen LogP contribution in [0.25, 0.3) is 0 Å². The molecular formula is C26H28ClF6IN2O. The van der Waals surface area contributed by atoms with Gasteiger partial charge in [0.15, 0.2) is 0 Å². The van der Waals surface area contributed by atoms with Gasteiger partial charge in [0, 0.05) is 28.6 Å². The summed E-state index contributed by atoms with van der Waals surface area (Å²) in [4.78, 5) is 13.3.